The van der Waals surface area contributed by atoms with Gasteiger partial charge in [0.05, 0.1) is 17.6 Å². The number of pyridine rings is 2. The number of amides is 1. The van der Waals surface area contributed by atoms with Gasteiger partial charge in [-0.2, -0.15) is 0 Å². The van der Waals surface area contributed by atoms with E-state index in [0.717, 1.165) is 41.9 Å². The summed E-state index contributed by atoms with van der Waals surface area (Å²) in [5.74, 6) is 0.0631. The van der Waals surface area contributed by atoms with E-state index in [2.05, 4.69) is 31.2 Å². The Labute approximate surface area is 184 Å². The normalized spacial score (nSPS) is 14.2. The molecule has 5 rings (SSSR count). The third-order valence-electron chi connectivity index (χ3n) is 5.71. The molecular weight excluding hydrogens is 408 g/mol. The summed E-state index contributed by atoms with van der Waals surface area (Å²) >= 11 is 0. The lowest BCUT2D eigenvalue weighted by Crippen LogP contribution is -2.25. The monoisotopic (exact) mass is 432 g/mol. The van der Waals surface area contributed by atoms with E-state index in [1.54, 1.807) is 12.3 Å². The molecule has 4 heterocycles. The second-order valence-corrected chi connectivity index (χ2v) is 7.83. The van der Waals surface area contributed by atoms with Crippen LogP contribution in [0.3, 0.4) is 0 Å². The first kappa shape index (κ1) is 19.9. The maximum Gasteiger partial charge on any atom is 0.263 e. The number of fused-ring (bicyclic) bond motifs is 2. The van der Waals surface area contributed by atoms with Crippen molar-refractivity contribution in [3.05, 3.63) is 63.7 Å². The zero-order chi connectivity index (χ0) is 22.1. The van der Waals surface area contributed by atoms with Gasteiger partial charge in [-0.3, -0.25) is 9.59 Å². The van der Waals surface area contributed by atoms with E-state index in [-0.39, 0.29) is 5.56 Å². The third-order valence-corrected chi connectivity index (χ3v) is 5.71. The van der Waals surface area contributed by atoms with Gasteiger partial charge in [-0.15, -0.1) is 0 Å². The summed E-state index contributed by atoms with van der Waals surface area (Å²) < 4.78 is 5.57. The second kappa shape index (κ2) is 8.26. The average Bonchev–Trinajstić information content (AvgIpc) is 2.81. The lowest BCUT2D eigenvalue weighted by Gasteiger charge is -2.22. The number of benzene rings is 1. The average molecular weight is 432 g/mol. The van der Waals surface area contributed by atoms with Crippen LogP contribution in [0.2, 0.25) is 0 Å². The first-order chi connectivity index (χ1) is 15.6. The SMILES string of the molecule is Cc1c(Nc2cc[nH]c(=O)c2C(=O)Nc2ccc3c(c2)CCCN3)cnc2c1NCCO2. The number of aromatic amines is 1. The number of nitrogens with zero attached hydrogens (tertiary/aromatic N) is 1. The predicted octanol–water partition coefficient (Wildman–Crippen LogP) is 3.24. The smallest absolute Gasteiger partial charge is 0.263 e. The van der Waals surface area contributed by atoms with Crippen LogP contribution in [0.4, 0.5) is 28.4 Å². The lowest BCUT2D eigenvalue weighted by molar-refractivity contribution is 0.102. The zero-order valence-electron chi connectivity index (χ0n) is 17.7. The highest BCUT2D eigenvalue weighted by molar-refractivity contribution is 6.08. The van der Waals surface area contributed by atoms with Crippen LogP contribution in [-0.2, 0) is 6.42 Å². The fourth-order valence-electron chi connectivity index (χ4n) is 4.05. The Kier molecular flexibility index (Phi) is 5.14. The molecule has 0 saturated heterocycles. The van der Waals surface area contributed by atoms with Crippen LogP contribution >= 0.6 is 0 Å². The summed E-state index contributed by atoms with van der Waals surface area (Å²) in [5, 5.41) is 12.7. The van der Waals surface area contributed by atoms with Crippen molar-refractivity contribution in [2.45, 2.75) is 19.8 Å². The molecule has 5 N–H and O–H groups in total. The molecular formula is C23H24N6O3. The van der Waals surface area contributed by atoms with Gasteiger partial charge in [-0.25, -0.2) is 4.98 Å². The van der Waals surface area contributed by atoms with Gasteiger partial charge in [0.2, 0.25) is 5.88 Å². The number of carbonyl (C=O) groups excluding carboxylic acids is 1. The number of aryl methyl sites for hydroxylation is 1. The fraction of sp³-hybridized carbons (Fsp3) is 0.261. The van der Waals surface area contributed by atoms with Crippen molar-refractivity contribution < 1.29 is 9.53 Å². The topological polar surface area (TPSA) is 120 Å². The van der Waals surface area contributed by atoms with Gasteiger partial charge in [0, 0.05) is 36.2 Å². The molecule has 0 radical (unpaired) electrons. The quantitative estimate of drug-likeness (QED) is 0.429. The summed E-state index contributed by atoms with van der Waals surface area (Å²) in [7, 11) is 0. The zero-order valence-corrected chi connectivity index (χ0v) is 17.7. The van der Waals surface area contributed by atoms with E-state index < -0.39 is 11.5 Å². The largest absolute Gasteiger partial charge is 0.474 e. The van der Waals surface area contributed by atoms with Gasteiger partial charge in [-0.05, 0) is 49.6 Å². The fourth-order valence-corrected chi connectivity index (χ4v) is 4.05. The van der Waals surface area contributed by atoms with Crippen LogP contribution in [0.5, 0.6) is 5.88 Å². The van der Waals surface area contributed by atoms with Crippen molar-refractivity contribution in [1.82, 2.24) is 9.97 Å². The molecule has 0 fully saturated rings. The Balaban J connectivity index is 1.43. The van der Waals surface area contributed by atoms with Crippen LogP contribution < -0.4 is 31.6 Å². The highest BCUT2D eigenvalue weighted by Crippen LogP contribution is 2.34. The number of hydrogen-bond donors (Lipinski definition) is 5. The number of carbonyl (C=O) groups is 1. The molecule has 3 aromatic rings. The molecule has 0 atom stereocenters. The van der Waals surface area contributed by atoms with Crippen molar-refractivity contribution in [2.24, 2.45) is 0 Å². The molecule has 0 bridgehead atoms. The summed E-state index contributed by atoms with van der Waals surface area (Å²) in [6.07, 6.45) is 5.15. The number of nitrogens with one attached hydrogen (secondary N) is 5. The molecule has 0 aliphatic carbocycles. The van der Waals surface area contributed by atoms with E-state index in [1.807, 2.05) is 25.1 Å². The van der Waals surface area contributed by atoms with Gasteiger partial charge in [-0.1, -0.05) is 0 Å². The minimum Gasteiger partial charge on any atom is -0.474 e. The molecule has 0 spiro atoms. The van der Waals surface area contributed by atoms with Crippen molar-refractivity contribution in [3.8, 4) is 5.88 Å². The number of anilines is 5. The number of ether oxygens (including phenoxy) is 1. The predicted molar refractivity (Wildman–Crippen MR) is 125 cm³/mol. The van der Waals surface area contributed by atoms with Gasteiger partial charge in [0.1, 0.15) is 17.9 Å². The molecule has 32 heavy (non-hydrogen) atoms. The summed E-state index contributed by atoms with van der Waals surface area (Å²) in [6.45, 7) is 4.13. The molecule has 1 aromatic carbocycles. The van der Waals surface area contributed by atoms with E-state index in [4.69, 9.17) is 4.74 Å². The summed E-state index contributed by atoms with van der Waals surface area (Å²) in [5.41, 5.74) is 5.19. The molecule has 1 amide bonds. The summed E-state index contributed by atoms with van der Waals surface area (Å²) in [6, 6.07) is 7.40. The van der Waals surface area contributed by atoms with Crippen LogP contribution in [0.1, 0.15) is 27.9 Å². The Morgan fingerprint density at radius 3 is 2.97 bits per heavy atom. The van der Waals surface area contributed by atoms with Gasteiger partial charge >= 0.3 is 0 Å². The van der Waals surface area contributed by atoms with Crippen molar-refractivity contribution >= 4 is 34.3 Å². The minimum absolute atomic E-state index is 0.00433. The van der Waals surface area contributed by atoms with E-state index >= 15 is 0 Å². The van der Waals surface area contributed by atoms with Crippen LogP contribution in [0.25, 0.3) is 0 Å². The maximum atomic E-state index is 13.1. The van der Waals surface area contributed by atoms with E-state index in [1.165, 1.54) is 6.20 Å². The standard InChI is InChI=1S/C23H24N6O3/c1-13-18(12-27-23-20(13)25-9-10-32-23)29-17-6-8-26-21(30)19(17)22(31)28-15-4-5-16-14(11-15)3-2-7-24-16/h4-6,8,11-12,24-25H,2-3,7,9-10H2,1H3,(H,28,31)(H2,26,29,30). The number of rotatable bonds is 4. The number of hydrogen-bond acceptors (Lipinski definition) is 7. The third kappa shape index (κ3) is 3.73. The Morgan fingerprint density at radius 2 is 2.06 bits per heavy atom. The van der Waals surface area contributed by atoms with Crippen molar-refractivity contribution in [3.63, 3.8) is 0 Å². The highest BCUT2D eigenvalue weighted by Gasteiger charge is 2.20. The maximum absolute atomic E-state index is 13.1. The van der Waals surface area contributed by atoms with Crippen LogP contribution in [0.15, 0.2) is 41.5 Å². The Morgan fingerprint density at radius 1 is 1.16 bits per heavy atom. The molecule has 2 aliphatic rings. The number of H-pyrrole nitrogens is 1. The molecule has 0 unspecified atom stereocenters. The van der Waals surface area contributed by atoms with Crippen molar-refractivity contribution in [2.75, 3.05) is 41.0 Å². The Hall–Kier alpha value is -4.01. The second-order valence-electron chi connectivity index (χ2n) is 7.83. The van der Waals surface area contributed by atoms with Gasteiger partial charge < -0.3 is 31.0 Å². The number of aromatic nitrogens is 2. The van der Waals surface area contributed by atoms with Crippen LogP contribution in [-0.4, -0.2) is 35.6 Å². The lowest BCUT2D eigenvalue weighted by atomic mass is 10.0. The first-order valence-electron chi connectivity index (χ1n) is 10.6. The first-order valence-corrected chi connectivity index (χ1v) is 10.6. The van der Waals surface area contributed by atoms with E-state index in [0.29, 0.717) is 36.1 Å². The van der Waals surface area contributed by atoms with Gasteiger partial charge in [0.15, 0.2) is 0 Å². The minimum atomic E-state index is -0.483. The van der Waals surface area contributed by atoms with Crippen molar-refractivity contribution in [1.29, 1.82) is 0 Å². The molecule has 2 aliphatic heterocycles. The van der Waals surface area contributed by atoms with Gasteiger partial charge in [0.25, 0.3) is 11.5 Å². The van der Waals surface area contributed by atoms with E-state index in [9.17, 15) is 9.59 Å². The molecule has 9 nitrogen and oxygen atoms in total. The molecule has 2 aromatic heterocycles. The molecule has 9 heteroatoms. The molecule has 0 saturated carbocycles. The van der Waals surface area contributed by atoms with Crippen LogP contribution in [0, 0.1) is 6.92 Å². The highest BCUT2D eigenvalue weighted by atomic mass is 16.5. The molecule has 164 valence electrons. The summed E-state index contributed by atoms with van der Waals surface area (Å²) in [4.78, 5) is 32.6. The Bertz CT molecular complexity index is 1250.